The van der Waals surface area contributed by atoms with Crippen LogP contribution in [0, 0.1) is 0 Å². The Labute approximate surface area is 198 Å². The van der Waals surface area contributed by atoms with Gasteiger partial charge in [-0.25, -0.2) is 0 Å². The molecule has 0 heterocycles. The van der Waals surface area contributed by atoms with Gasteiger partial charge in [0.25, 0.3) is 11.8 Å². The topological polar surface area (TPSA) is 76.7 Å². The number of halogens is 1. The molecule has 0 aromatic heterocycles. The van der Waals surface area contributed by atoms with Crippen LogP contribution in [-0.2, 0) is 9.53 Å². The van der Waals surface area contributed by atoms with Gasteiger partial charge in [0.15, 0.2) is 0 Å². The number of carbonyl (C=O) groups excluding carboxylic acids is 2. The molecule has 0 aliphatic heterocycles. The lowest BCUT2D eigenvalue weighted by atomic mass is 10.1. The molecule has 3 rings (SSSR count). The molecule has 0 atom stereocenters. The van der Waals surface area contributed by atoms with Crippen LogP contribution in [-0.4, -0.2) is 32.1 Å². The van der Waals surface area contributed by atoms with Gasteiger partial charge in [0, 0.05) is 30.8 Å². The third-order valence-corrected chi connectivity index (χ3v) is 4.81. The minimum atomic E-state index is -0.415. The number of carbonyl (C=O) groups is 2. The van der Waals surface area contributed by atoms with Gasteiger partial charge in [0.1, 0.15) is 17.2 Å². The SMILES string of the molecule is COCCCNC(=O)/C(=C/c1cccc(Oc2ccccc2)c1)NC(=O)c1ccc(Cl)cc1. The van der Waals surface area contributed by atoms with Crippen molar-refractivity contribution in [2.45, 2.75) is 6.42 Å². The highest BCUT2D eigenvalue weighted by Crippen LogP contribution is 2.22. The van der Waals surface area contributed by atoms with E-state index in [4.69, 9.17) is 21.1 Å². The molecule has 170 valence electrons. The van der Waals surface area contributed by atoms with Crippen LogP contribution in [0.3, 0.4) is 0 Å². The van der Waals surface area contributed by atoms with Gasteiger partial charge < -0.3 is 20.1 Å². The highest BCUT2D eigenvalue weighted by molar-refractivity contribution is 6.30. The molecule has 0 spiro atoms. The van der Waals surface area contributed by atoms with E-state index in [0.29, 0.717) is 47.2 Å². The van der Waals surface area contributed by atoms with Crippen LogP contribution < -0.4 is 15.4 Å². The molecular formula is C26H25ClN2O4. The first kappa shape index (κ1) is 24.0. The van der Waals surface area contributed by atoms with E-state index < -0.39 is 11.8 Å². The second-order valence-electron chi connectivity index (χ2n) is 7.11. The fourth-order valence-corrected chi connectivity index (χ4v) is 3.05. The van der Waals surface area contributed by atoms with Crippen molar-refractivity contribution in [3.63, 3.8) is 0 Å². The lowest BCUT2D eigenvalue weighted by molar-refractivity contribution is -0.117. The number of para-hydroxylation sites is 1. The van der Waals surface area contributed by atoms with Crippen LogP contribution in [0.4, 0.5) is 0 Å². The quantitative estimate of drug-likeness (QED) is 0.325. The van der Waals surface area contributed by atoms with Crippen molar-refractivity contribution in [1.29, 1.82) is 0 Å². The molecule has 0 aliphatic carbocycles. The summed E-state index contributed by atoms with van der Waals surface area (Å²) in [6.45, 7) is 0.938. The normalized spacial score (nSPS) is 11.0. The third kappa shape index (κ3) is 7.79. The molecule has 6 nitrogen and oxygen atoms in total. The summed E-state index contributed by atoms with van der Waals surface area (Å²) in [5.41, 5.74) is 1.20. The smallest absolute Gasteiger partial charge is 0.267 e. The van der Waals surface area contributed by atoms with Gasteiger partial charge in [-0.05, 0) is 66.6 Å². The van der Waals surface area contributed by atoms with E-state index in [9.17, 15) is 9.59 Å². The summed E-state index contributed by atoms with van der Waals surface area (Å²) in [7, 11) is 1.60. The van der Waals surface area contributed by atoms with Crippen molar-refractivity contribution in [2.24, 2.45) is 0 Å². The lowest BCUT2D eigenvalue weighted by Crippen LogP contribution is -2.35. The van der Waals surface area contributed by atoms with Gasteiger partial charge in [-0.2, -0.15) is 0 Å². The van der Waals surface area contributed by atoms with Crippen molar-refractivity contribution in [3.8, 4) is 11.5 Å². The molecule has 33 heavy (non-hydrogen) atoms. The standard InChI is InChI=1S/C26H25ClN2O4/c1-32-16-6-15-28-26(31)24(29-25(30)20-11-13-21(27)14-12-20)18-19-7-5-10-23(17-19)33-22-8-3-2-4-9-22/h2-5,7-14,17-18H,6,15-16H2,1H3,(H,28,31)(H,29,30)/b24-18-. The van der Waals surface area contributed by atoms with Gasteiger partial charge in [-0.1, -0.05) is 41.9 Å². The maximum absolute atomic E-state index is 12.8. The Balaban J connectivity index is 1.81. The number of hydrogen-bond acceptors (Lipinski definition) is 4. The van der Waals surface area contributed by atoms with E-state index in [2.05, 4.69) is 10.6 Å². The van der Waals surface area contributed by atoms with Gasteiger partial charge in [-0.3, -0.25) is 9.59 Å². The Morgan fingerprint density at radius 2 is 1.67 bits per heavy atom. The molecule has 0 fully saturated rings. The second-order valence-corrected chi connectivity index (χ2v) is 7.55. The molecule has 0 saturated carbocycles. The van der Waals surface area contributed by atoms with E-state index >= 15 is 0 Å². The Morgan fingerprint density at radius 1 is 0.939 bits per heavy atom. The second kappa shape index (κ2) is 12.4. The number of nitrogens with one attached hydrogen (secondary N) is 2. The van der Waals surface area contributed by atoms with Crippen LogP contribution in [0.1, 0.15) is 22.3 Å². The predicted molar refractivity (Wildman–Crippen MR) is 129 cm³/mol. The first-order valence-electron chi connectivity index (χ1n) is 10.4. The minimum Gasteiger partial charge on any atom is -0.457 e. The first-order chi connectivity index (χ1) is 16.0. The van der Waals surface area contributed by atoms with Crippen LogP contribution in [0.2, 0.25) is 5.02 Å². The zero-order valence-corrected chi connectivity index (χ0v) is 19.0. The largest absolute Gasteiger partial charge is 0.457 e. The van der Waals surface area contributed by atoms with E-state index in [-0.39, 0.29) is 5.70 Å². The zero-order valence-electron chi connectivity index (χ0n) is 18.2. The maximum atomic E-state index is 12.8. The molecule has 0 radical (unpaired) electrons. The monoisotopic (exact) mass is 464 g/mol. The lowest BCUT2D eigenvalue weighted by Gasteiger charge is -2.12. The van der Waals surface area contributed by atoms with Crippen molar-refractivity contribution < 1.29 is 19.1 Å². The molecule has 2 amide bonds. The number of rotatable bonds is 10. The highest BCUT2D eigenvalue weighted by Gasteiger charge is 2.15. The van der Waals surface area contributed by atoms with E-state index in [1.807, 2.05) is 48.5 Å². The van der Waals surface area contributed by atoms with Crippen LogP contribution in [0.5, 0.6) is 11.5 Å². The van der Waals surface area contributed by atoms with Crippen LogP contribution in [0.25, 0.3) is 6.08 Å². The summed E-state index contributed by atoms with van der Waals surface area (Å²) < 4.78 is 10.9. The molecule has 3 aromatic carbocycles. The van der Waals surface area contributed by atoms with E-state index in [1.165, 1.54) is 0 Å². The Bertz CT molecular complexity index is 1100. The number of ether oxygens (including phenoxy) is 2. The average Bonchev–Trinajstić information content (AvgIpc) is 2.82. The zero-order chi connectivity index (χ0) is 23.5. The van der Waals surface area contributed by atoms with Gasteiger partial charge >= 0.3 is 0 Å². The molecular weight excluding hydrogens is 440 g/mol. The minimum absolute atomic E-state index is 0.115. The van der Waals surface area contributed by atoms with E-state index in [1.54, 1.807) is 43.5 Å². The summed E-state index contributed by atoms with van der Waals surface area (Å²) in [5.74, 6) is 0.494. The molecule has 0 saturated heterocycles. The summed E-state index contributed by atoms with van der Waals surface area (Å²) in [6, 6.07) is 23.1. The van der Waals surface area contributed by atoms with E-state index in [0.717, 1.165) is 0 Å². The summed E-state index contributed by atoms with van der Waals surface area (Å²) in [4.78, 5) is 25.5. The summed E-state index contributed by atoms with van der Waals surface area (Å²) >= 11 is 5.91. The Morgan fingerprint density at radius 3 is 2.39 bits per heavy atom. The molecule has 0 bridgehead atoms. The fourth-order valence-electron chi connectivity index (χ4n) is 2.93. The number of hydrogen-bond donors (Lipinski definition) is 2. The van der Waals surface area contributed by atoms with Crippen LogP contribution >= 0.6 is 11.6 Å². The van der Waals surface area contributed by atoms with Crippen LogP contribution in [0.15, 0.2) is 84.6 Å². The number of benzene rings is 3. The molecule has 0 unspecified atom stereocenters. The summed E-state index contributed by atoms with van der Waals surface area (Å²) in [6.07, 6.45) is 2.26. The fraction of sp³-hybridized carbons (Fsp3) is 0.154. The van der Waals surface area contributed by atoms with Crippen molar-refractivity contribution >= 4 is 29.5 Å². The Kier molecular flexibility index (Phi) is 9.06. The van der Waals surface area contributed by atoms with Crippen molar-refractivity contribution in [3.05, 3.63) is 101 Å². The number of amides is 2. The summed E-state index contributed by atoms with van der Waals surface area (Å²) in [5, 5.41) is 6.03. The van der Waals surface area contributed by atoms with Crippen molar-refractivity contribution in [1.82, 2.24) is 10.6 Å². The number of methoxy groups -OCH3 is 1. The average molecular weight is 465 g/mol. The van der Waals surface area contributed by atoms with Gasteiger partial charge in [0.2, 0.25) is 0 Å². The van der Waals surface area contributed by atoms with Gasteiger partial charge in [-0.15, -0.1) is 0 Å². The maximum Gasteiger partial charge on any atom is 0.267 e. The van der Waals surface area contributed by atoms with Gasteiger partial charge in [0.05, 0.1) is 0 Å². The molecule has 7 heteroatoms. The first-order valence-corrected chi connectivity index (χ1v) is 10.8. The highest BCUT2D eigenvalue weighted by atomic mass is 35.5. The molecule has 0 aliphatic rings. The Hall–Kier alpha value is -3.61. The molecule has 2 N–H and O–H groups in total. The molecule has 3 aromatic rings. The third-order valence-electron chi connectivity index (χ3n) is 4.56. The van der Waals surface area contributed by atoms with Crippen molar-refractivity contribution in [2.75, 3.05) is 20.3 Å². The predicted octanol–water partition coefficient (Wildman–Crippen LogP) is 5.06.